The lowest BCUT2D eigenvalue weighted by molar-refractivity contribution is 0.223. The highest BCUT2D eigenvalue weighted by Gasteiger charge is 2.19. The van der Waals surface area contributed by atoms with Crippen molar-refractivity contribution in [2.24, 2.45) is 0 Å². The number of hydrogen-bond acceptors (Lipinski definition) is 4. The van der Waals surface area contributed by atoms with Crippen molar-refractivity contribution < 1.29 is 13.9 Å². The van der Waals surface area contributed by atoms with Crippen molar-refractivity contribution in [3.8, 4) is 22.6 Å². The summed E-state index contributed by atoms with van der Waals surface area (Å²) in [6, 6.07) is 10.3. The lowest BCUT2D eigenvalue weighted by Crippen LogP contribution is -2.31. The van der Waals surface area contributed by atoms with Crippen LogP contribution in [0.4, 0.5) is 4.39 Å². The van der Waals surface area contributed by atoms with Crippen LogP contribution in [0.5, 0.6) is 11.5 Å². The number of pyridine rings is 1. The number of benzene rings is 2. The van der Waals surface area contributed by atoms with E-state index in [0.717, 1.165) is 38.0 Å². The van der Waals surface area contributed by atoms with Gasteiger partial charge in [-0.3, -0.25) is 4.79 Å². The molecule has 0 bridgehead atoms. The number of halogens is 1. The van der Waals surface area contributed by atoms with Gasteiger partial charge in [0.25, 0.3) is 0 Å². The van der Waals surface area contributed by atoms with Gasteiger partial charge in [0.05, 0.1) is 24.6 Å². The maximum Gasteiger partial charge on any atom is 0.200 e. The summed E-state index contributed by atoms with van der Waals surface area (Å²) >= 11 is 0. The number of nitrogens with zero attached hydrogens (tertiary/aromatic N) is 2. The molecule has 0 saturated carbocycles. The van der Waals surface area contributed by atoms with Crippen LogP contribution in [-0.4, -0.2) is 42.8 Å². The van der Waals surface area contributed by atoms with E-state index in [2.05, 4.69) is 4.90 Å². The Kier molecular flexibility index (Phi) is 7.65. The Morgan fingerprint density at radius 1 is 1.00 bits per heavy atom. The number of methoxy groups -OCH3 is 1. The van der Waals surface area contributed by atoms with Crippen LogP contribution in [0.15, 0.2) is 47.4 Å². The van der Waals surface area contributed by atoms with E-state index in [1.54, 1.807) is 13.2 Å². The second kappa shape index (κ2) is 10.8. The van der Waals surface area contributed by atoms with Gasteiger partial charge in [-0.25, -0.2) is 4.39 Å². The number of aromatic nitrogens is 1. The third-order valence-corrected chi connectivity index (χ3v) is 6.32. The molecule has 0 N–H and O–H groups in total. The number of fused-ring (bicyclic) bond motifs is 1. The molecule has 1 aliphatic heterocycles. The fraction of sp³-hybridized carbons (Fsp3) is 0.444. The Hall–Kier alpha value is -2.86. The quantitative estimate of drug-likeness (QED) is 0.431. The molecular formula is C27H33FN2O3. The second-order valence-corrected chi connectivity index (χ2v) is 8.67. The first kappa shape index (κ1) is 23.3. The van der Waals surface area contributed by atoms with Crippen molar-refractivity contribution in [1.82, 2.24) is 9.47 Å². The fourth-order valence-corrected chi connectivity index (χ4v) is 4.59. The summed E-state index contributed by atoms with van der Waals surface area (Å²) in [4.78, 5) is 15.9. The summed E-state index contributed by atoms with van der Waals surface area (Å²) in [6.07, 6.45) is 7.43. The average Bonchev–Trinajstić information content (AvgIpc) is 2.85. The van der Waals surface area contributed by atoms with Crippen LogP contribution >= 0.6 is 0 Å². The SMILES string of the molecule is CCCOc1ccc(F)c2c(=O)c(-c3ccc(OC)cc3)cn(CCCN3CCCCC3)c12. The molecule has 176 valence electrons. The van der Waals surface area contributed by atoms with E-state index in [9.17, 15) is 4.79 Å². The molecule has 0 amide bonds. The van der Waals surface area contributed by atoms with Gasteiger partial charge in [0, 0.05) is 18.3 Å². The standard InChI is InChI=1S/C27H33FN2O3/c1-3-18-33-24-13-12-23(28)25-26(24)30(17-7-16-29-14-5-4-6-15-29)19-22(27(25)31)20-8-10-21(32-2)11-9-20/h8-13,19H,3-7,14-18H2,1-2H3. The van der Waals surface area contributed by atoms with Crippen LogP contribution in [-0.2, 0) is 6.54 Å². The van der Waals surface area contributed by atoms with Gasteiger partial charge in [-0.1, -0.05) is 25.5 Å². The Morgan fingerprint density at radius 2 is 1.76 bits per heavy atom. The lowest BCUT2D eigenvalue weighted by Gasteiger charge is -2.26. The van der Waals surface area contributed by atoms with Crippen molar-refractivity contribution in [1.29, 1.82) is 0 Å². The summed E-state index contributed by atoms with van der Waals surface area (Å²) in [6.45, 7) is 6.50. The van der Waals surface area contributed by atoms with Crippen LogP contribution in [0.2, 0.25) is 0 Å². The first-order valence-corrected chi connectivity index (χ1v) is 12.0. The highest BCUT2D eigenvalue weighted by Crippen LogP contribution is 2.30. The summed E-state index contributed by atoms with van der Waals surface area (Å²) in [5, 5.41) is 0.0925. The molecule has 0 atom stereocenters. The molecule has 1 saturated heterocycles. The summed E-state index contributed by atoms with van der Waals surface area (Å²) < 4.78 is 28.3. The van der Waals surface area contributed by atoms with Crippen molar-refractivity contribution in [3.05, 3.63) is 58.6 Å². The minimum Gasteiger partial charge on any atom is -0.497 e. The number of aryl methyl sites for hydroxylation is 1. The molecule has 0 aliphatic carbocycles. The third kappa shape index (κ3) is 5.22. The Labute approximate surface area is 194 Å². The molecular weight excluding hydrogens is 419 g/mol. The Morgan fingerprint density at radius 3 is 2.45 bits per heavy atom. The zero-order valence-corrected chi connectivity index (χ0v) is 19.6. The van der Waals surface area contributed by atoms with E-state index < -0.39 is 5.82 Å². The Bertz CT molecular complexity index is 1130. The molecule has 2 aromatic carbocycles. The number of piperidine rings is 1. The average molecular weight is 453 g/mol. The molecule has 1 fully saturated rings. The van der Waals surface area contributed by atoms with Crippen molar-refractivity contribution in [2.45, 2.75) is 45.6 Å². The molecule has 0 unspecified atom stereocenters. The van der Waals surface area contributed by atoms with Crippen LogP contribution < -0.4 is 14.9 Å². The van der Waals surface area contributed by atoms with Gasteiger partial charge in [-0.2, -0.15) is 0 Å². The molecule has 0 spiro atoms. The number of rotatable bonds is 9. The summed E-state index contributed by atoms with van der Waals surface area (Å²) in [7, 11) is 1.60. The highest BCUT2D eigenvalue weighted by atomic mass is 19.1. The zero-order valence-electron chi connectivity index (χ0n) is 19.6. The van der Waals surface area contributed by atoms with Gasteiger partial charge in [0.2, 0.25) is 0 Å². The minimum atomic E-state index is -0.515. The number of likely N-dealkylation sites (tertiary alicyclic amines) is 1. The maximum absolute atomic E-state index is 15.1. The monoisotopic (exact) mass is 452 g/mol. The van der Waals surface area contributed by atoms with Crippen LogP contribution in [0, 0.1) is 5.82 Å². The molecule has 33 heavy (non-hydrogen) atoms. The van der Waals surface area contributed by atoms with E-state index in [1.807, 2.05) is 42.0 Å². The first-order chi connectivity index (χ1) is 16.1. The zero-order chi connectivity index (χ0) is 23.2. The van der Waals surface area contributed by atoms with Crippen molar-refractivity contribution in [2.75, 3.05) is 33.4 Å². The van der Waals surface area contributed by atoms with Crippen molar-refractivity contribution >= 4 is 10.9 Å². The van der Waals surface area contributed by atoms with Gasteiger partial charge in [0.1, 0.15) is 17.3 Å². The van der Waals surface area contributed by atoms with Crippen LogP contribution in [0.1, 0.15) is 39.0 Å². The van der Waals surface area contributed by atoms with Gasteiger partial charge >= 0.3 is 0 Å². The smallest absolute Gasteiger partial charge is 0.200 e. The maximum atomic E-state index is 15.1. The van der Waals surface area contributed by atoms with E-state index in [1.165, 1.54) is 25.3 Å². The second-order valence-electron chi connectivity index (χ2n) is 8.67. The molecule has 2 heterocycles. The molecule has 5 nitrogen and oxygen atoms in total. The summed E-state index contributed by atoms with van der Waals surface area (Å²) in [5.74, 6) is 0.756. The molecule has 6 heteroatoms. The van der Waals surface area contributed by atoms with Gasteiger partial charge in [-0.05, 0) is 75.1 Å². The van der Waals surface area contributed by atoms with Gasteiger partial charge in [0.15, 0.2) is 5.43 Å². The molecule has 0 radical (unpaired) electrons. The predicted molar refractivity (Wildman–Crippen MR) is 131 cm³/mol. The topological polar surface area (TPSA) is 43.7 Å². The predicted octanol–water partition coefficient (Wildman–Crippen LogP) is 5.48. The van der Waals surface area contributed by atoms with Crippen LogP contribution in [0.25, 0.3) is 22.0 Å². The first-order valence-electron chi connectivity index (χ1n) is 12.0. The third-order valence-electron chi connectivity index (χ3n) is 6.32. The molecule has 1 aromatic heterocycles. The normalized spacial score (nSPS) is 14.5. The molecule has 3 aromatic rings. The van der Waals surface area contributed by atoms with Crippen molar-refractivity contribution in [3.63, 3.8) is 0 Å². The molecule has 4 rings (SSSR count). The minimum absolute atomic E-state index is 0.0925. The largest absolute Gasteiger partial charge is 0.497 e. The Balaban J connectivity index is 1.77. The summed E-state index contributed by atoms with van der Waals surface area (Å²) in [5.41, 5.74) is 1.45. The molecule has 1 aliphatic rings. The van der Waals surface area contributed by atoms with E-state index in [4.69, 9.17) is 9.47 Å². The van der Waals surface area contributed by atoms with E-state index in [0.29, 0.717) is 35.7 Å². The fourth-order valence-electron chi connectivity index (χ4n) is 4.59. The number of ether oxygens (including phenoxy) is 2. The lowest BCUT2D eigenvalue weighted by atomic mass is 10.0. The van der Waals surface area contributed by atoms with E-state index >= 15 is 4.39 Å². The van der Waals surface area contributed by atoms with Crippen LogP contribution in [0.3, 0.4) is 0 Å². The van der Waals surface area contributed by atoms with E-state index in [-0.39, 0.29) is 10.8 Å². The number of hydrogen-bond donors (Lipinski definition) is 0. The van der Waals surface area contributed by atoms with Gasteiger partial charge < -0.3 is 18.9 Å². The highest BCUT2D eigenvalue weighted by molar-refractivity contribution is 5.89. The van der Waals surface area contributed by atoms with Gasteiger partial charge in [-0.15, -0.1) is 0 Å².